The van der Waals surface area contributed by atoms with E-state index in [0.29, 0.717) is 29.4 Å². The predicted molar refractivity (Wildman–Crippen MR) is 109 cm³/mol. The maximum Gasteiger partial charge on any atom is 0.333 e. The first-order valence-electron chi connectivity index (χ1n) is 8.84. The van der Waals surface area contributed by atoms with Crippen molar-refractivity contribution in [2.24, 2.45) is 7.05 Å². The lowest BCUT2D eigenvalue weighted by molar-refractivity contribution is 0.355. The highest BCUT2D eigenvalue weighted by Gasteiger charge is 2.18. The molecule has 0 unspecified atom stereocenters. The lowest BCUT2D eigenvalue weighted by Gasteiger charge is -2.07. The van der Waals surface area contributed by atoms with Gasteiger partial charge in [0.25, 0.3) is 5.56 Å². The highest BCUT2D eigenvalue weighted by atomic mass is 16.5. The minimum atomic E-state index is -0.486. The fraction of sp³-hybridized carbons (Fsp3) is 0.286. The van der Waals surface area contributed by atoms with Gasteiger partial charge >= 0.3 is 5.69 Å². The molecule has 0 aliphatic rings. The minimum Gasteiger partial charge on any atom is -0.493 e. The number of ether oxygens (including phenoxy) is 2. The molecule has 148 valence electrons. The van der Waals surface area contributed by atoms with E-state index in [2.05, 4.69) is 22.7 Å². The van der Waals surface area contributed by atoms with Crippen LogP contribution >= 0.6 is 0 Å². The van der Waals surface area contributed by atoms with Crippen molar-refractivity contribution in [2.45, 2.75) is 20.0 Å². The summed E-state index contributed by atoms with van der Waals surface area (Å²) in [7, 11) is 4.79. The molecule has 0 saturated carbocycles. The van der Waals surface area contributed by atoms with E-state index in [1.807, 2.05) is 0 Å². The van der Waals surface area contributed by atoms with E-state index in [1.54, 1.807) is 51.0 Å². The molecule has 0 amide bonds. The average molecular weight is 392 g/mol. The summed E-state index contributed by atoms with van der Waals surface area (Å²) in [5.74, 6) is 9.82. The first-order chi connectivity index (χ1) is 14.0. The molecule has 3 rings (SSSR count). The molecule has 0 atom stereocenters. The van der Waals surface area contributed by atoms with Crippen LogP contribution in [0.15, 0.2) is 27.8 Å². The highest BCUT2D eigenvalue weighted by molar-refractivity contribution is 5.72. The maximum absolute atomic E-state index is 12.8. The van der Waals surface area contributed by atoms with Crippen LogP contribution in [0, 0.1) is 24.2 Å². The van der Waals surface area contributed by atoms with Crippen molar-refractivity contribution in [3.63, 3.8) is 0 Å². The maximum atomic E-state index is 12.8. The largest absolute Gasteiger partial charge is 0.493 e. The monoisotopic (exact) mass is 392 g/mol. The fourth-order valence-electron chi connectivity index (χ4n) is 3.03. The van der Waals surface area contributed by atoms with Crippen LogP contribution in [-0.4, -0.2) is 32.9 Å². The molecule has 2 aromatic heterocycles. The molecule has 8 nitrogen and oxygen atoms in total. The van der Waals surface area contributed by atoms with Crippen molar-refractivity contribution in [1.82, 2.24) is 18.7 Å². The van der Waals surface area contributed by atoms with Crippen LogP contribution in [0.3, 0.4) is 0 Å². The Bertz CT molecular complexity index is 1310. The molecular formula is C21H20N4O4. The first kappa shape index (κ1) is 19.8. The molecule has 0 radical (unpaired) electrons. The summed E-state index contributed by atoms with van der Waals surface area (Å²) in [6.07, 6.45) is 5.31. The SMILES string of the molecule is C#CCn1c(=O)c2c(nc(C#Cc3ccc(OC)c(OC)c3)n2C)n(CC)c1=O. The van der Waals surface area contributed by atoms with Gasteiger partial charge in [-0.1, -0.05) is 11.8 Å². The van der Waals surface area contributed by atoms with Gasteiger partial charge in [-0.15, -0.1) is 6.42 Å². The number of aromatic nitrogens is 4. The van der Waals surface area contributed by atoms with Gasteiger partial charge in [0.2, 0.25) is 0 Å². The Morgan fingerprint density at radius 2 is 1.83 bits per heavy atom. The number of hydrogen-bond donors (Lipinski definition) is 0. The number of fused-ring (bicyclic) bond motifs is 1. The van der Waals surface area contributed by atoms with Crippen LogP contribution < -0.4 is 20.7 Å². The molecule has 0 fully saturated rings. The van der Waals surface area contributed by atoms with Crippen molar-refractivity contribution in [3.05, 3.63) is 50.4 Å². The molecule has 0 N–H and O–H groups in total. The van der Waals surface area contributed by atoms with Gasteiger partial charge in [-0.3, -0.25) is 9.36 Å². The van der Waals surface area contributed by atoms with Crippen molar-refractivity contribution in [2.75, 3.05) is 14.2 Å². The third kappa shape index (κ3) is 3.37. The summed E-state index contributed by atoms with van der Waals surface area (Å²) in [5.41, 5.74) is 0.280. The molecule has 0 aliphatic heterocycles. The number of nitrogens with zero attached hydrogens (tertiary/aromatic N) is 4. The van der Waals surface area contributed by atoms with Gasteiger partial charge in [-0.05, 0) is 31.0 Å². The molecule has 0 saturated heterocycles. The number of hydrogen-bond acceptors (Lipinski definition) is 5. The Kier molecular flexibility index (Phi) is 5.47. The molecular weight excluding hydrogens is 372 g/mol. The van der Waals surface area contributed by atoms with Gasteiger partial charge < -0.3 is 14.0 Å². The zero-order valence-corrected chi connectivity index (χ0v) is 16.6. The number of imidazole rings is 1. The van der Waals surface area contributed by atoms with E-state index in [4.69, 9.17) is 15.9 Å². The Labute approximate surface area is 167 Å². The van der Waals surface area contributed by atoms with E-state index in [9.17, 15) is 9.59 Å². The predicted octanol–water partition coefficient (Wildman–Crippen LogP) is 0.967. The van der Waals surface area contributed by atoms with Crippen molar-refractivity contribution < 1.29 is 9.47 Å². The lowest BCUT2D eigenvalue weighted by atomic mass is 10.2. The first-order valence-corrected chi connectivity index (χ1v) is 8.84. The van der Waals surface area contributed by atoms with Crippen molar-refractivity contribution >= 4 is 11.2 Å². The van der Waals surface area contributed by atoms with Crippen molar-refractivity contribution in [3.8, 4) is 35.7 Å². The Morgan fingerprint density at radius 1 is 1.10 bits per heavy atom. The van der Waals surface area contributed by atoms with Crippen LogP contribution in [0.1, 0.15) is 18.3 Å². The second kappa shape index (κ2) is 7.99. The van der Waals surface area contributed by atoms with Gasteiger partial charge in [0.05, 0.1) is 20.8 Å². The second-order valence-corrected chi connectivity index (χ2v) is 6.11. The normalized spacial score (nSPS) is 10.3. The number of terminal acetylenes is 1. The number of aryl methyl sites for hydroxylation is 2. The molecule has 1 aromatic carbocycles. The van der Waals surface area contributed by atoms with E-state index >= 15 is 0 Å². The number of methoxy groups -OCH3 is 2. The topological polar surface area (TPSA) is 80.3 Å². The molecule has 0 bridgehead atoms. The van der Waals surface area contributed by atoms with Crippen LogP contribution in [-0.2, 0) is 20.1 Å². The van der Waals surface area contributed by atoms with Crippen molar-refractivity contribution in [1.29, 1.82) is 0 Å². The summed E-state index contributed by atoms with van der Waals surface area (Å²) in [6.45, 7) is 2.04. The van der Waals surface area contributed by atoms with Gasteiger partial charge in [0.1, 0.15) is 0 Å². The zero-order valence-electron chi connectivity index (χ0n) is 16.6. The Balaban J connectivity index is 2.19. The number of rotatable bonds is 4. The lowest BCUT2D eigenvalue weighted by Crippen LogP contribution is -2.40. The Morgan fingerprint density at radius 3 is 2.45 bits per heavy atom. The fourth-order valence-corrected chi connectivity index (χ4v) is 3.03. The van der Waals surface area contributed by atoms with Gasteiger partial charge in [-0.2, -0.15) is 0 Å². The highest BCUT2D eigenvalue weighted by Crippen LogP contribution is 2.27. The standard InChI is InChI=1S/C21H20N4O4/c1-6-12-25-20(26)18-19(24(7-2)21(25)27)22-17(23(18)3)11-9-14-8-10-15(28-4)16(13-14)29-5/h1,8,10,13H,7,12H2,2-5H3. The van der Waals surface area contributed by atoms with Gasteiger partial charge in [-0.25, -0.2) is 14.3 Å². The van der Waals surface area contributed by atoms with Gasteiger partial charge in [0, 0.05) is 19.2 Å². The summed E-state index contributed by atoms with van der Waals surface area (Å²) < 4.78 is 14.5. The van der Waals surface area contributed by atoms with E-state index in [1.165, 1.54) is 4.57 Å². The summed E-state index contributed by atoms with van der Waals surface area (Å²) in [5, 5.41) is 0. The van der Waals surface area contributed by atoms with E-state index < -0.39 is 11.2 Å². The molecule has 3 aromatic rings. The third-order valence-corrected chi connectivity index (χ3v) is 4.51. The van der Waals surface area contributed by atoms with Crippen LogP contribution in [0.5, 0.6) is 11.5 Å². The summed E-state index contributed by atoms with van der Waals surface area (Å²) >= 11 is 0. The van der Waals surface area contributed by atoms with E-state index in [0.717, 1.165) is 4.57 Å². The minimum absolute atomic E-state index is 0.106. The van der Waals surface area contributed by atoms with E-state index in [-0.39, 0.29) is 17.7 Å². The van der Waals surface area contributed by atoms with Crippen LogP contribution in [0.2, 0.25) is 0 Å². The summed E-state index contributed by atoms with van der Waals surface area (Å²) in [6, 6.07) is 5.29. The van der Waals surface area contributed by atoms with Crippen LogP contribution in [0.25, 0.3) is 11.2 Å². The smallest absolute Gasteiger partial charge is 0.333 e. The second-order valence-electron chi connectivity index (χ2n) is 6.11. The van der Waals surface area contributed by atoms with Crippen LogP contribution in [0.4, 0.5) is 0 Å². The average Bonchev–Trinajstić information content (AvgIpc) is 3.05. The third-order valence-electron chi connectivity index (χ3n) is 4.51. The molecule has 8 heteroatoms. The molecule has 29 heavy (non-hydrogen) atoms. The molecule has 2 heterocycles. The van der Waals surface area contributed by atoms with Gasteiger partial charge in [0.15, 0.2) is 28.5 Å². The number of benzene rings is 1. The zero-order chi connectivity index (χ0) is 21.1. The molecule has 0 spiro atoms. The molecule has 0 aliphatic carbocycles. The quantitative estimate of drug-likeness (QED) is 0.618. The summed E-state index contributed by atoms with van der Waals surface area (Å²) in [4.78, 5) is 29.8. The Hall–Kier alpha value is -3.91.